The number of nitrogens with one attached hydrogen (secondary N) is 1. The average molecular weight is 283 g/mol. The van der Waals surface area contributed by atoms with Crippen LogP contribution in [0.15, 0.2) is 0 Å². The van der Waals surface area contributed by atoms with Crippen LogP contribution in [0.2, 0.25) is 0 Å². The van der Waals surface area contributed by atoms with Gasteiger partial charge in [0.1, 0.15) is 0 Å². The van der Waals surface area contributed by atoms with Crippen LogP contribution in [0.4, 0.5) is 0 Å². The van der Waals surface area contributed by atoms with E-state index in [1.807, 2.05) is 0 Å². The van der Waals surface area contributed by atoms with E-state index >= 15 is 0 Å². The Kier molecular flexibility index (Phi) is 5.81. The SMILES string of the molecule is COCCCN(C)CCNC(=O)C1C2CCC(C2)C1N. The van der Waals surface area contributed by atoms with Crippen LogP contribution in [0.1, 0.15) is 25.7 Å². The van der Waals surface area contributed by atoms with E-state index in [1.54, 1.807) is 7.11 Å². The lowest BCUT2D eigenvalue weighted by molar-refractivity contribution is -0.127. The third-order valence-electron chi connectivity index (χ3n) is 4.96. The Bertz CT molecular complexity index is 322. The normalized spacial score (nSPS) is 32.0. The zero-order valence-corrected chi connectivity index (χ0v) is 12.8. The van der Waals surface area contributed by atoms with E-state index in [0.29, 0.717) is 18.4 Å². The minimum Gasteiger partial charge on any atom is -0.385 e. The van der Waals surface area contributed by atoms with Gasteiger partial charge in [-0.15, -0.1) is 0 Å². The molecule has 0 aromatic heterocycles. The second kappa shape index (κ2) is 7.38. The van der Waals surface area contributed by atoms with Crippen LogP contribution >= 0.6 is 0 Å². The van der Waals surface area contributed by atoms with Gasteiger partial charge >= 0.3 is 0 Å². The summed E-state index contributed by atoms with van der Waals surface area (Å²) in [6, 6.07) is 0.0909. The third kappa shape index (κ3) is 3.71. The fourth-order valence-corrected chi connectivity index (χ4v) is 3.80. The first kappa shape index (κ1) is 15.7. The molecule has 4 atom stereocenters. The molecule has 0 spiro atoms. The number of carbonyl (C=O) groups is 1. The lowest BCUT2D eigenvalue weighted by atomic mass is 9.84. The highest BCUT2D eigenvalue weighted by molar-refractivity contribution is 5.80. The van der Waals surface area contributed by atoms with Gasteiger partial charge in [0.15, 0.2) is 0 Å². The van der Waals surface area contributed by atoms with Crippen LogP contribution in [0.5, 0.6) is 0 Å². The molecular formula is C15H29N3O2. The number of ether oxygens (including phenoxy) is 1. The van der Waals surface area contributed by atoms with Crippen LogP contribution in [-0.2, 0) is 9.53 Å². The molecule has 0 aromatic rings. The molecule has 0 aromatic carbocycles. The Morgan fingerprint density at radius 3 is 2.75 bits per heavy atom. The number of likely N-dealkylation sites (N-methyl/N-ethyl adjacent to an activating group) is 1. The van der Waals surface area contributed by atoms with Gasteiger partial charge in [-0.1, -0.05) is 0 Å². The van der Waals surface area contributed by atoms with Crippen molar-refractivity contribution in [3.8, 4) is 0 Å². The molecular weight excluding hydrogens is 254 g/mol. The molecule has 1 amide bonds. The summed E-state index contributed by atoms with van der Waals surface area (Å²) < 4.78 is 5.03. The van der Waals surface area contributed by atoms with Crippen molar-refractivity contribution in [1.82, 2.24) is 10.2 Å². The van der Waals surface area contributed by atoms with Gasteiger partial charge in [-0.2, -0.15) is 0 Å². The molecule has 2 aliphatic carbocycles. The zero-order chi connectivity index (χ0) is 14.5. The van der Waals surface area contributed by atoms with Crippen LogP contribution in [-0.4, -0.2) is 57.2 Å². The summed E-state index contributed by atoms with van der Waals surface area (Å²) in [5.41, 5.74) is 6.19. The molecule has 2 rings (SSSR count). The topological polar surface area (TPSA) is 67.6 Å². The highest BCUT2D eigenvalue weighted by Crippen LogP contribution is 2.47. The molecule has 2 aliphatic rings. The maximum absolute atomic E-state index is 12.3. The molecule has 0 heterocycles. The Labute approximate surface area is 122 Å². The van der Waals surface area contributed by atoms with Crippen LogP contribution in [0.3, 0.4) is 0 Å². The second-order valence-electron chi connectivity index (χ2n) is 6.38. The first-order chi connectivity index (χ1) is 9.63. The first-order valence-corrected chi connectivity index (χ1v) is 7.84. The number of rotatable bonds is 8. The van der Waals surface area contributed by atoms with Gasteiger partial charge in [-0.05, 0) is 44.6 Å². The van der Waals surface area contributed by atoms with Gasteiger partial charge in [-0.25, -0.2) is 0 Å². The summed E-state index contributed by atoms with van der Waals surface area (Å²) in [7, 11) is 3.80. The van der Waals surface area contributed by atoms with Crippen molar-refractivity contribution in [1.29, 1.82) is 0 Å². The summed E-state index contributed by atoms with van der Waals surface area (Å²) in [6.07, 6.45) is 4.60. The predicted octanol–water partition coefficient (Wildman–Crippen LogP) is 0.444. The summed E-state index contributed by atoms with van der Waals surface area (Å²) in [5.74, 6) is 1.37. The third-order valence-corrected chi connectivity index (χ3v) is 4.96. The fraction of sp³-hybridized carbons (Fsp3) is 0.933. The molecule has 116 valence electrons. The number of hydrogen-bond acceptors (Lipinski definition) is 4. The van der Waals surface area contributed by atoms with Crippen molar-refractivity contribution in [2.75, 3.05) is 40.4 Å². The summed E-state index contributed by atoms with van der Waals surface area (Å²) in [6.45, 7) is 3.38. The lowest BCUT2D eigenvalue weighted by Gasteiger charge is -2.27. The van der Waals surface area contributed by atoms with Crippen molar-refractivity contribution in [2.45, 2.75) is 31.7 Å². The number of nitrogens with zero attached hydrogens (tertiary/aromatic N) is 1. The molecule has 5 nitrogen and oxygen atoms in total. The first-order valence-electron chi connectivity index (χ1n) is 7.84. The Hall–Kier alpha value is -0.650. The number of fused-ring (bicyclic) bond motifs is 2. The number of carbonyl (C=O) groups excluding carboxylic acids is 1. The van der Waals surface area contributed by atoms with E-state index in [-0.39, 0.29) is 17.9 Å². The molecule has 4 unspecified atom stereocenters. The van der Waals surface area contributed by atoms with Gasteiger partial charge in [-0.3, -0.25) is 4.79 Å². The summed E-state index contributed by atoms with van der Waals surface area (Å²) in [5, 5.41) is 3.07. The van der Waals surface area contributed by atoms with E-state index < -0.39 is 0 Å². The van der Waals surface area contributed by atoms with Gasteiger partial charge in [0, 0.05) is 39.4 Å². The number of methoxy groups -OCH3 is 1. The second-order valence-corrected chi connectivity index (χ2v) is 6.38. The highest BCUT2D eigenvalue weighted by atomic mass is 16.5. The van der Waals surface area contributed by atoms with E-state index in [1.165, 1.54) is 12.8 Å². The Balaban J connectivity index is 1.63. The highest BCUT2D eigenvalue weighted by Gasteiger charge is 2.48. The molecule has 0 saturated heterocycles. The largest absolute Gasteiger partial charge is 0.385 e. The Morgan fingerprint density at radius 2 is 2.10 bits per heavy atom. The van der Waals surface area contributed by atoms with Crippen molar-refractivity contribution < 1.29 is 9.53 Å². The molecule has 0 radical (unpaired) electrons. The maximum Gasteiger partial charge on any atom is 0.225 e. The zero-order valence-electron chi connectivity index (χ0n) is 12.8. The molecule has 2 fully saturated rings. The number of amides is 1. The van der Waals surface area contributed by atoms with Crippen molar-refractivity contribution >= 4 is 5.91 Å². The minimum absolute atomic E-state index is 0.0625. The fourth-order valence-electron chi connectivity index (χ4n) is 3.80. The molecule has 0 aliphatic heterocycles. The van der Waals surface area contributed by atoms with Crippen LogP contribution < -0.4 is 11.1 Å². The number of hydrogen-bond donors (Lipinski definition) is 2. The quantitative estimate of drug-likeness (QED) is 0.635. The van der Waals surface area contributed by atoms with E-state index in [2.05, 4.69) is 17.3 Å². The molecule has 20 heavy (non-hydrogen) atoms. The monoisotopic (exact) mass is 283 g/mol. The van der Waals surface area contributed by atoms with Crippen molar-refractivity contribution in [3.63, 3.8) is 0 Å². The van der Waals surface area contributed by atoms with E-state index in [9.17, 15) is 4.79 Å². The van der Waals surface area contributed by atoms with Gasteiger partial charge in [0.2, 0.25) is 5.91 Å². The van der Waals surface area contributed by atoms with Gasteiger partial charge < -0.3 is 20.7 Å². The molecule has 5 heteroatoms. The predicted molar refractivity (Wildman–Crippen MR) is 79.3 cm³/mol. The Morgan fingerprint density at radius 1 is 1.35 bits per heavy atom. The van der Waals surface area contributed by atoms with Gasteiger partial charge in [0.25, 0.3) is 0 Å². The van der Waals surface area contributed by atoms with Crippen LogP contribution in [0, 0.1) is 17.8 Å². The standard InChI is InChI=1S/C15H29N3O2/c1-18(7-3-9-20-2)8-6-17-15(19)13-11-4-5-12(10-11)14(13)16/h11-14H,3-10,16H2,1-2H3,(H,17,19). The van der Waals surface area contributed by atoms with Crippen molar-refractivity contribution in [2.24, 2.45) is 23.5 Å². The van der Waals surface area contributed by atoms with E-state index in [4.69, 9.17) is 10.5 Å². The van der Waals surface area contributed by atoms with Crippen LogP contribution in [0.25, 0.3) is 0 Å². The molecule has 3 N–H and O–H groups in total. The lowest BCUT2D eigenvalue weighted by Crippen LogP contribution is -2.46. The summed E-state index contributed by atoms with van der Waals surface area (Å²) in [4.78, 5) is 14.5. The maximum atomic E-state index is 12.3. The van der Waals surface area contributed by atoms with Crippen molar-refractivity contribution in [3.05, 3.63) is 0 Å². The molecule has 2 saturated carbocycles. The minimum atomic E-state index is 0.0625. The summed E-state index contributed by atoms with van der Waals surface area (Å²) >= 11 is 0. The number of nitrogens with two attached hydrogens (primary N) is 1. The van der Waals surface area contributed by atoms with Gasteiger partial charge in [0.05, 0.1) is 5.92 Å². The average Bonchev–Trinajstić information content (AvgIpc) is 2.99. The van der Waals surface area contributed by atoms with E-state index in [0.717, 1.165) is 32.5 Å². The smallest absolute Gasteiger partial charge is 0.225 e. The molecule has 2 bridgehead atoms.